The zero-order valence-corrected chi connectivity index (χ0v) is 9.30. The van der Waals surface area contributed by atoms with Crippen LogP contribution < -0.4 is 0 Å². The number of hydrogen-bond acceptors (Lipinski definition) is 1. The summed E-state index contributed by atoms with van der Waals surface area (Å²) in [6, 6.07) is 6.56. The fourth-order valence-corrected chi connectivity index (χ4v) is 2.44. The van der Waals surface area contributed by atoms with Crippen LogP contribution in [0.3, 0.4) is 0 Å². The maximum atomic E-state index is 5.18. The second-order valence-corrected chi connectivity index (χ2v) is 4.56. The van der Waals surface area contributed by atoms with Crippen LogP contribution in [-0.2, 0) is 17.6 Å². The summed E-state index contributed by atoms with van der Waals surface area (Å²) < 4.78 is 6.36. The molecule has 70 valence electrons. The second kappa shape index (κ2) is 3.81. The Hall–Kier alpha value is -0.340. The van der Waals surface area contributed by atoms with E-state index in [1.165, 1.54) is 28.4 Å². The van der Waals surface area contributed by atoms with Crippen LogP contribution in [-0.4, -0.2) is 13.7 Å². The highest BCUT2D eigenvalue weighted by Crippen LogP contribution is 2.29. The average molecular weight is 241 g/mol. The number of halogens is 1. The Labute approximate surface area is 87.2 Å². The molecule has 0 aromatic heterocycles. The fourth-order valence-electron chi connectivity index (χ4n) is 2.03. The van der Waals surface area contributed by atoms with Crippen LogP contribution in [0.2, 0.25) is 0 Å². The average Bonchev–Trinajstić information content (AvgIpc) is 2.46. The molecule has 1 atom stereocenters. The molecule has 1 unspecified atom stereocenters. The van der Waals surface area contributed by atoms with Gasteiger partial charge in [0.15, 0.2) is 0 Å². The molecule has 0 saturated carbocycles. The van der Waals surface area contributed by atoms with E-state index in [1.807, 2.05) is 0 Å². The molecule has 1 aromatic carbocycles. The van der Waals surface area contributed by atoms with Crippen molar-refractivity contribution in [2.45, 2.75) is 12.8 Å². The molecule has 0 aliphatic heterocycles. The summed E-state index contributed by atoms with van der Waals surface area (Å²) in [7, 11) is 1.78. The number of hydrogen-bond donors (Lipinski definition) is 0. The number of methoxy groups -OCH3 is 1. The van der Waals surface area contributed by atoms with E-state index < -0.39 is 0 Å². The van der Waals surface area contributed by atoms with Gasteiger partial charge in [-0.3, -0.25) is 0 Å². The highest BCUT2D eigenvalue weighted by Gasteiger charge is 2.20. The molecule has 0 heterocycles. The van der Waals surface area contributed by atoms with Crippen molar-refractivity contribution < 1.29 is 4.74 Å². The van der Waals surface area contributed by atoms with Gasteiger partial charge in [0.2, 0.25) is 0 Å². The van der Waals surface area contributed by atoms with Gasteiger partial charge in [-0.25, -0.2) is 0 Å². The Balaban J connectivity index is 2.16. The molecule has 13 heavy (non-hydrogen) atoms. The van der Waals surface area contributed by atoms with Gasteiger partial charge < -0.3 is 4.74 Å². The van der Waals surface area contributed by atoms with Crippen LogP contribution in [0, 0.1) is 5.92 Å². The lowest BCUT2D eigenvalue weighted by Gasteiger charge is -2.05. The SMILES string of the molecule is COCC1Cc2ccc(Br)cc2C1. The van der Waals surface area contributed by atoms with Crippen molar-refractivity contribution in [3.63, 3.8) is 0 Å². The Morgan fingerprint density at radius 2 is 2.15 bits per heavy atom. The highest BCUT2D eigenvalue weighted by molar-refractivity contribution is 9.10. The normalized spacial score (nSPS) is 20.3. The summed E-state index contributed by atoms with van der Waals surface area (Å²) in [6.45, 7) is 0.881. The van der Waals surface area contributed by atoms with E-state index >= 15 is 0 Å². The van der Waals surface area contributed by atoms with Crippen LogP contribution in [0.15, 0.2) is 22.7 Å². The molecular weight excluding hydrogens is 228 g/mol. The van der Waals surface area contributed by atoms with E-state index in [0.29, 0.717) is 5.92 Å². The third-order valence-electron chi connectivity index (χ3n) is 2.59. The Bertz CT molecular complexity index is 309. The monoisotopic (exact) mass is 240 g/mol. The fraction of sp³-hybridized carbons (Fsp3) is 0.455. The van der Waals surface area contributed by atoms with E-state index in [0.717, 1.165) is 6.61 Å². The van der Waals surface area contributed by atoms with Crippen molar-refractivity contribution in [1.82, 2.24) is 0 Å². The van der Waals surface area contributed by atoms with Crippen molar-refractivity contribution in [3.05, 3.63) is 33.8 Å². The lowest BCUT2D eigenvalue weighted by Crippen LogP contribution is -2.07. The summed E-state index contributed by atoms with van der Waals surface area (Å²) in [5, 5.41) is 0. The molecule has 0 bridgehead atoms. The molecule has 1 aromatic rings. The van der Waals surface area contributed by atoms with Gasteiger partial charge in [0.05, 0.1) is 0 Å². The number of ether oxygens (including phenoxy) is 1. The molecule has 0 fully saturated rings. The van der Waals surface area contributed by atoms with Crippen molar-refractivity contribution in [3.8, 4) is 0 Å². The lowest BCUT2D eigenvalue weighted by atomic mass is 10.1. The van der Waals surface area contributed by atoms with Crippen molar-refractivity contribution >= 4 is 15.9 Å². The van der Waals surface area contributed by atoms with E-state index in [2.05, 4.69) is 34.1 Å². The van der Waals surface area contributed by atoms with Gasteiger partial charge in [-0.05, 0) is 42.0 Å². The maximum absolute atomic E-state index is 5.18. The van der Waals surface area contributed by atoms with Crippen LogP contribution in [0.1, 0.15) is 11.1 Å². The molecule has 1 nitrogen and oxygen atoms in total. The molecule has 1 aliphatic carbocycles. The molecular formula is C11H13BrO. The van der Waals surface area contributed by atoms with Crippen LogP contribution in [0.25, 0.3) is 0 Å². The van der Waals surface area contributed by atoms with Gasteiger partial charge >= 0.3 is 0 Å². The first-order valence-electron chi connectivity index (χ1n) is 4.56. The predicted octanol–water partition coefficient (Wildman–Crippen LogP) is 2.81. The molecule has 0 amide bonds. The van der Waals surface area contributed by atoms with E-state index in [4.69, 9.17) is 4.74 Å². The van der Waals surface area contributed by atoms with Gasteiger partial charge in [0.25, 0.3) is 0 Å². The minimum atomic E-state index is 0.689. The Kier molecular flexibility index (Phi) is 2.70. The lowest BCUT2D eigenvalue weighted by molar-refractivity contribution is 0.156. The largest absolute Gasteiger partial charge is 0.384 e. The molecule has 2 rings (SSSR count). The Morgan fingerprint density at radius 3 is 2.92 bits per heavy atom. The zero-order valence-electron chi connectivity index (χ0n) is 7.72. The summed E-state index contributed by atoms with van der Waals surface area (Å²) >= 11 is 3.49. The molecule has 0 radical (unpaired) electrons. The van der Waals surface area contributed by atoms with Crippen molar-refractivity contribution in [1.29, 1.82) is 0 Å². The quantitative estimate of drug-likeness (QED) is 0.773. The van der Waals surface area contributed by atoms with Gasteiger partial charge in [0, 0.05) is 18.2 Å². The molecule has 0 saturated heterocycles. The first-order chi connectivity index (χ1) is 6.29. The molecule has 0 N–H and O–H groups in total. The number of fused-ring (bicyclic) bond motifs is 1. The molecule has 0 spiro atoms. The van der Waals surface area contributed by atoms with Crippen LogP contribution >= 0.6 is 15.9 Å². The van der Waals surface area contributed by atoms with Crippen molar-refractivity contribution in [2.75, 3.05) is 13.7 Å². The number of rotatable bonds is 2. The topological polar surface area (TPSA) is 9.23 Å². The van der Waals surface area contributed by atoms with Gasteiger partial charge in [-0.2, -0.15) is 0 Å². The van der Waals surface area contributed by atoms with Crippen LogP contribution in [0.5, 0.6) is 0 Å². The maximum Gasteiger partial charge on any atom is 0.0496 e. The molecule has 1 aliphatic rings. The number of benzene rings is 1. The van der Waals surface area contributed by atoms with E-state index in [-0.39, 0.29) is 0 Å². The minimum absolute atomic E-state index is 0.689. The second-order valence-electron chi connectivity index (χ2n) is 3.64. The first kappa shape index (κ1) is 9.22. The van der Waals surface area contributed by atoms with Crippen molar-refractivity contribution in [2.24, 2.45) is 5.92 Å². The summed E-state index contributed by atoms with van der Waals surface area (Å²) in [4.78, 5) is 0. The van der Waals surface area contributed by atoms with E-state index in [1.54, 1.807) is 7.11 Å². The zero-order chi connectivity index (χ0) is 9.26. The molecule has 2 heteroatoms. The van der Waals surface area contributed by atoms with Gasteiger partial charge in [0.1, 0.15) is 0 Å². The summed E-state index contributed by atoms with van der Waals surface area (Å²) in [6.07, 6.45) is 2.35. The third kappa shape index (κ3) is 1.94. The smallest absolute Gasteiger partial charge is 0.0496 e. The summed E-state index contributed by atoms with van der Waals surface area (Å²) in [5.41, 5.74) is 2.97. The standard InChI is InChI=1S/C11H13BrO/c1-13-7-8-4-9-2-3-11(12)6-10(9)5-8/h2-3,6,8H,4-5,7H2,1H3. The first-order valence-corrected chi connectivity index (χ1v) is 5.35. The minimum Gasteiger partial charge on any atom is -0.384 e. The Morgan fingerprint density at radius 1 is 1.38 bits per heavy atom. The predicted molar refractivity (Wildman–Crippen MR) is 56.9 cm³/mol. The highest BCUT2D eigenvalue weighted by atomic mass is 79.9. The third-order valence-corrected chi connectivity index (χ3v) is 3.08. The van der Waals surface area contributed by atoms with Crippen LogP contribution in [0.4, 0.5) is 0 Å². The summed E-state index contributed by atoms with van der Waals surface area (Å²) in [5.74, 6) is 0.689. The van der Waals surface area contributed by atoms with Gasteiger partial charge in [-0.15, -0.1) is 0 Å². The van der Waals surface area contributed by atoms with E-state index in [9.17, 15) is 0 Å². The van der Waals surface area contributed by atoms with Gasteiger partial charge in [-0.1, -0.05) is 22.0 Å².